The molecule has 1 aliphatic heterocycles. The second kappa shape index (κ2) is 8.94. The van der Waals surface area contributed by atoms with Crippen LogP contribution in [0.1, 0.15) is 34.7 Å². The molecule has 0 radical (unpaired) electrons. The predicted octanol–water partition coefficient (Wildman–Crippen LogP) is 5.72. The first-order valence-corrected chi connectivity index (χ1v) is 11.1. The number of hydrogen-bond donors (Lipinski definition) is 1. The van der Waals surface area contributed by atoms with Crippen LogP contribution in [0, 0.1) is 27.7 Å². The number of benzene rings is 3. The summed E-state index contributed by atoms with van der Waals surface area (Å²) in [5, 5.41) is 3.24. The predicted molar refractivity (Wildman–Crippen MR) is 132 cm³/mol. The maximum atomic E-state index is 13.8. The Hall–Kier alpha value is -3.86. The van der Waals surface area contributed by atoms with Crippen LogP contribution in [0.15, 0.2) is 66.4 Å². The van der Waals surface area contributed by atoms with Crippen molar-refractivity contribution < 1.29 is 14.3 Å². The number of carbonyl (C=O) groups is 2. The second-order valence-electron chi connectivity index (χ2n) is 8.29. The molecule has 3 aromatic carbocycles. The Kier molecular flexibility index (Phi) is 6.05. The number of para-hydroxylation sites is 2. The fourth-order valence-electron chi connectivity index (χ4n) is 4.17. The van der Waals surface area contributed by atoms with Crippen molar-refractivity contribution in [2.45, 2.75) is 34.6 Å². The lowest BCUT2D eigenvalue weighted by Crippen LogP contribution is -2.33. The van der Waals surface area contributed by atoms with E-state index in [1.165, 1.54) is 4.90 Å². The number of aryl methyl sites for hydroxylation is 3. The summed E-state index contributed by atoms with van der Waals surface area (Å²) in [6.07, 6.45) is 0. The quantitative estimate of drug-likeness (QED) is 0.499. The van der Waals surface area contributed by atoms with E-state index >= 15 is 0 Å². The normalized spacial score (nSPS) is 13.7. The molecule has 4 rings (SSSR count). The number of imide groups is 1. The van der Waals surface area contributed by atoms with Gasteiger partial charge in [0.15, 0.2) is 0 Å². The van der Waals surface area contributed by atoms with Crippen molar-refractivity contribution in [3.8, 4) is 5.75 Å². The smallest absolute Gasteiger partial charge is 0.282 e. The lowest BCUT2D eigenvalue weighted by atomic mass is 9.97. The summed E-state index contributed by atoms with van der Waals surface area (Å²) in [4.78, 5) is 28.8. The summed E-state index contributed by atoms with van der Waals surface area (Å²) in [7, 11) is 0. The highest BCUT2D eigenvalue weighted by Crippen LogP contribution is 2.38. The Bertz CT molecular complexity index is 1290. The van der Waals surface area contributed by atoms with Gasteiger partial charge in [-0.05, 0) is 75.1 Å². The minimum absolute atomic E-state index is 0.250. The van der Waals surface area contributed by atoms with Gasteiger partial charge in [0.2, 0.25) is 0 Å². The molecule has 0 saturated heterocycles. The van der Waals surface area contributed by atoms with E-state index in [1.54, 1.807) is 0 Å². The highest BCUT2D eigenvalue weighted by Gasteiger charge is 2.41. The Morgan fingerprint density at radius 3 is 2.33 bits per heavy atom. The summed E-state index contributed by atoms with van der Waals surface area (Å²) >= 11 is 0. The van der Waals surface area contributed by atoms with Gasteiger partial charge in [0.1, 0.15) is 11.4 Å². The number of anilines is 2. The Balaban J connectivity index is 1.89. The first-order chi connectivity index (χ1) is 15.8. The number of nitrogens with one attached hydrogen (secondary N) is 1. The lowest BCUT2D eigenvalue weighted by Gasteiger charge is -2.19. The highest BCUT2D eigenvalue weighted by molar-refractivity contribution is 6.46. The van der Waals surface area contributed by atoms with Gasteiger partial charge in [-0.1, -0.05) is 48.0 Å². The van der Waals surface area contributed by atoms with E-state index in [1.807, 2.05) is 95.3 Å². The largest absolute Gasteiger partial charge is 0.492 e. The first kappa shape index (κ1) is 22.3. The molecule has 3 aromatic rings. The van der Waals surface area contributed by atoms with Gasteiger partial charge in [0, 0.05) is 0 Å². The van der Waals surface area contributed by atoms with Crippen LogP contribution < -0.4 is 15.0 Å². The summed E-state index contributed by atoms with van der Waals surface area (Å²) < 4.78 is 5.74. The molecule has 5 heteroatoms. The van der Waals surface area contributed by atoms with Crippen molar-refractivity contribution in [1.29, 1.82) is 0 Å². The zero-order chi connectivity index (χ0) is 23.7. The molecule has 1 aliphatic rings. The van der Waals surface area contributed by atoms with E-state index < -0.39 is 0 Å². The average Bonchev–Trinajstić information content (AvgIpc) is 3.01. The number of ether oxygens (including phenoxy) is 1. The molecule has 0 fully saturated rings. The average molecular weight is 441 g/mol. The van der Waals surface area contributed by atoms with Crippen LogP contribution in [0.5, 0.6) is 5.75 Å². The van der Waals surface area contributed by atoms with Gasteiger partial charge in [-0.15, -0.1) is 0 Å². The maximum absolute atomic E-state index is 13.8. The Morgan fingerprint density at radius 1 is 0.848 bits per heavy atom. The third-order valence-corrected chi connectivity index (χ3v) is 6.00. The third-order valence-electron chi connectivity index (χ3n) is 6.00. The van der Waals surface area contributed by atoms with Crippen LogP contribution >= 0.6 is 0 Å². The topological polar surface area (TPSA) is 58.6 Å². The number of rotatable bonds is 6. The van der Waals surface area contributed by atoms with Crippen LogP contribution in [0.4, 0.5) is 11.4 Å². The Morgan fingerprint density at radius 2 is 1.61 bits per heavy atom. The molecule has 0 atom stereocenters. The van der Waals surface area contributed by atoms with Gasteiger partial charge in [-0.25, -0.2) is 4.90 Å². The number of carbonyl (C=O) groups excluding carboxylic acids is 2. The van der Waals surface area contributed by atoms with Gasteiger partial charge in [-0.3, -0.25) is 9.59 Å². The van der Waals surface area contributed by atoms with E-state index in [0.29, 0.717) is 29.3 Å². The number of nitrogens with zero attached hydrogens (tertiary/aromatic N) is 1. The molecular weight excluding hydrogens is 412 g/mol. The number of hydrogen-bond acceptors (Lipinski definition) is 4. The molecule has 0 aromatic heterocycles. The van der Waals surface area contributed by atoms with E-state index in [4.69, 9.17) is 4.74 Å². The maximum Gasteiger partial charge on any atom is 0.282 e. The van der Waals surface area contributed by atoms with E-state index in [2.05, 4.69) is 5.32 Å². The van der Waals surface area contributed by atoms with Gasteiger partial charge in [-0.2, -0.15) is 0 Å². The fraction of sp³-hybridized carbons (Fsp3) is 0.214. The van der Waals surface area contributed by atoms with Crippen molar-refractivity contribution >= 4 is 28.8 Å². The molecule has 33 heavy (non-hydrogen) atoms. The molecule has 168 valence electrons. The minimum Gasteiger partial charge on any atom is -0.492 e. The van der Waals surface area contributed by atoms with Crippen LogP contribution in [0.2, 0.25) is 0 Å². The molecule has 1 N–H and O–H groups in total. The summed E-state index contributed by atoms with van der Waals surface area (Å²) in [6, 6.07) is 19.0. The third kappa shape index (κ3) is 4.02. The van der Waals surface area contributed by atoms with Crippen LogP contribution in [0.25, 0.3) is 5.57 Å². The molecule has 0 unspecified atom stereocenters. The molecule has 0 bridgehead atoms. The van der Waals surface area contributed by atoms with E-state index in [0.717, 1.165) is 27.8 Å². The summed E-state index contributed by atoms with van der Waals surface area (Å²) in [5.41, 5.74) is 6.54. The van der Waals surface area contributed by atoms with Crippen molar-refractivity contribution in [3.05, 3.63) is 94.2 Å². The fourth-order valence-corrected chi connectivity index (χ4v) is 4.17. The first-order valence-electron chi connectivity index (χ1n) is 11.1. The van der Waals surface area contributed by atoms with Crippen molar-refractivity contribution in [2.24, 2.45) is 0 Å². The minimum atomic E-state index is -0.380. The summed E-state index contributed by atoms with van der Waals surface area (Å²) in [6.45, 7) is 10.3. The monoisotopic (exact) mass is 440 g/mol. The molecule has 0 saturated carbocycles. The number of amides is 2. The zero-order valence-electron chi connectivity index (χ0n) is 19.7. The Labute approximate surface area is 194 Å². The summed E-state index contributed by atoms with van der Waals surface area (Å²) in [5.74, 6) is -0.0927. The highest BCUT2D eigenvalue weighted by atomic mass is 16.5. The van der Waals surface area contributed by atoms with Crippen molar-refractivity contribution in [2.75, 3.05) is 16.8 Å². The molecule has 0 spiro atoms. The van der Waals surface area contributed by atoms with E-state index in [9.17, 15) is 9.59 Å². The molecule has 1 heterocycles. The van der Waals surface area contributed by atoms with Crippen molar-refractivity contribution in [3.63, 3.8) is 0 Å². The van der Waals surface area contributed by atoms with Crippen LogP contribution in [-0.4, -0.2) is 18.4 Å². The zero-order valence-corrected chi connectivity index (χ0v) is 19.7. The second-order valence-corrected chi connectivity index (χ2v) is 8.29. The SMILES string of the molecule is CCOc1ccccc1NC1=C(c2ccc(C)cc2C)C(=O)N(c2cccc(C)c2C)C1=O. The van der Waals surface area contributed by atoms with Crippen LogP contribution in [-0.2, 0) is 9.59 Å². The molecular formula is C28H28N2O3. The standard InChI is InChI=1S/C28H28N2O3/c1-6-33-24-13-8-7-11-22(24)29-26-25(21-15-14-17(2)16-19(21)4)27(31)30(28(26)32)23-12-9-10-18(3)20(23)5/h7-16,29H,6H2,1-5H3. The van der Waals surface area contributed by atoms with Crippen LogP contribution in [0.3, 0.4) is 0 Å². The van der Waals surface area contributed by atoms with Gasteiger partial charge < -0.3 is 10.1 Å². The van der Waals surface area contributed by atoms with Gasteiger partial charge >= 0.3 is 0 Å². The van der Waals surface area contributed by atoms with Gasteiger partial charge in [0.25, 0.3) is 11.8 Å². The molecule has 2 amide bonds. The van der Waals surface area contributed by atoms with Gasteiger partial charge in [0.05, 0.1) is 23.6 Å². The molecule has 5 nitrogen and oxygen atoms in total. The molecule has 0 aliphatic carbocycles. The van der Waals surface area contributed by atoms with E-state index in [-0.39, 0.29) is 17.5 Å². The lowest BCUT2D eigenvalue weighted by molar-refractivity contribution is -0.120. The van der Waals surface area contributed by atoms with Crippen molar-refractivity contribution in [1.82, 2.24) is 0 Å².